The van der Waals surface area contributed by atoms with E-state index in [9.17, 15) is 18.8 Å². The van der Waals surface area contributed by atoms with E-state index in [0.717, 1.165) is 35.1 Å². The van der Waals surface area contributed by atoms with Crippen molar-refractivity contribution in [1.82, 2.24) is 20.2 Å². The monoisotopic (exact) mass is 476 g/mol. The molecular formula is C21H22F2N6O3S. The van der Waals surface area contributed by atoms with Crippen LogP contribution < -0.4 is 10.4 Å². The van der Waals surface area contributed by atoms with E-state index in [1.54, 1.807) is 18.7 Å². The summed E-state index contributed by atoms with van der Waals surface area (Å²) in [7, 11) is 3.36. The molecule has 1 saturated heterocycles. The van der Waals surface area contributed by atoms with Crippen molar-refractivity contribution in [1.29, 1.82) is 0 Å². The number of carbonyl (C=O) groups excluding carboxylic acids is 1. The number of quaternary nitrogens is 1. The fourth-order valence-corrected chi connectivity index (χ4v) is 4.39. The molecule has 33 heavy (non-hydrogen) atoms. The number of aromatic nitrogens is 3. The molecule has 0 atom stereocenters. The van der Waals surface area contributed by atoms with Crippen molar-refractivity contribution < 1.29 is 23.4 Å². The molecule has 1 fully saturated rings. The number of amides is 1. The average molecular weight is 477 g/mol. The van der Waals surface area contributed by atoms with Crippen LogP contribution in [-0.2, 0) is 7.05 Å². The maximum absolute atomic E-state index is 14.5. The number of benzene rings is 2. The first-order valence-corrected chi connectivity index (χ1v) is 10.9. The highest BCUT2D eigenvalue weighted by atomic mass is 32.2. The number of hydrogen-bond donors (Lipinski definition) is 2. The molecule has 0 bridgehead atoms. The van der Waals surface area contributed by atoms with Crippen molar-refractivity contribution in [3.05, 3.63) is 58.8 Å². The lowest BCUT2D eigenvalue weighted by atomic mass is 10.1. The molecule has 4 rings (SSSR count). The van der Waals surface area contributed by atoms with Crippen molar-refractivity contribution in [2.45, 2.75) is 10.1 Å². The normalized spacial score (nSPS) is 15.5. The Morgan fingerprint density at radius 3 is 2.48 bits per heavy atom. The van der Waals surface area contributed by atoms with Gasteiger partial charge >= 0.3 is 0 Å². The van der Waals surface area contributed by atoms with E-state index in [1.807, 2.05) is 24.3 Å². The highest BCUT2D eigenvalue weighted by Gasteiger charge is 2.23. The van der Waals surface area contributed by atoms with Crippen molar-refractivity contribution in [3.8, 4) is 11.4 Å². The highest BCUT2D eigenvalue weighted by molar-refractivity contribution is 7.99. The number of halogens is 2. The first-order valence-electron chi connectivity index (χ1n) is 10.1. The molecule has 0 unspecified atom stereocenters. The van der Waals surface area contributed by atoms with Gasteiger partial charge in [0.1, 0.15) is 11.6 Å². The van der Waals surface area contributed by atoms with Crippen LogP contribution >= 0.6 is 11.8 Å². The van der Waals surface area contributed by atoms with E-state index in [4.69, 9.17) is 5.21 Å². The number of hydroxylamine groups is 4. The molecule has 0 spiro atoms. The van der Waals surface area contributed by atoms with Gasteiger partial charge < -0.3 is 19.3 Å². The second kappa shape index (κ2) is 9.06. The Morgan fingerprint density at radius 1 is 1.18 bits per heavy atom. The van der Waals surface area contributed by atoms with E-state index >= 15 is 0 Å². The predicted molar refractivity (Wildman–Crippen MR) is 118 cm³/mol. The minimum atomic E-state index is -1.02. The van der Waals surface area contributed by atoms with Gasteiger partial charge in [-0.1, -0.05) is 12.1 Å². The van der Waals surface area contributed by atoms with E-state index in [2.05, 4.69) is 15.1 Å². The van der Waals surface area contributed by atoms with Crippen molar-refractivity contribution in [3.63, 3.8) is 0 Å². The minimum absolute atomic E-state index is 0.251. The Balaban J connectivity index is 1.58. The van der Waals surface area contributed by atoms with Crippen LogP contribution in [0.25, 0.3) is 11.4 Å². The smallest absolute Gasteiger partial charge is 0.274 e. The molecule has 1 amide bonds. The van der Waals surface area contributed by atoms with Crippen molar-refractivity contribution in [2.75, 3.05) is 38.1 Å². The summed E-state index contributed by atoms with van der Waals surface area (Å²) in [4.78, 5) is 13.2. The first-order chi connectivity index (χ1) is 15.7. The van der Waals surface area contributed by atoms with Crippen molar-refractivity contribution in [2.24, 2.45) is 7.05 Å². The Hall–Kier alpha value is -3.06. The molecule has 2 heterocycles. The van der Waals surface area contributed by atoms with Crippen LogP contribution in [0.2, 0.25) is 0 Å². The Morgan fingerprint density at radius 2 is 1.85 bits per heavy atom. The lowest BCUT2D eigenvalue weighted by molar-refractivity contribution is -0.861. The first kappa shape index (κ1) is 23.1. The third kappa shape index (κ3) is 4.83. The summed E-state index contributed by atoms with van der Waals surface area (Å²) in [6.45, 7) is 2.30. The Kier molecular flexibility index (Phi) is 6.34. The molecule has 3 aromatic rings. The molecule has 174 valence electrons. The molecule has 0 radical (unpaired) electrons. The number of anilines is 1. The van der Waals surface area contributed by atoms with Crippen LogP contribution in [0.5, 0.6) is 0 Å². The van der Waals surface area contributed by atoms with Crippen LogP contribution in [0.3, 0.4) is 0 Å². The zero-order chi connectivity index (χ0) is 23.8. The maximum Gasteiger partial charge on any atom is 0.274 e. The van der Waals surface area contributed by atoms with E-state index < -0.39 is 17.5 Å². The van der Waals surface area contributed by atoms with Crippen LogP contribution in [0.1, 0.15) is 10.4 Å². The summed E-state index contributed by atoms with van der Waals surface area (Å²) >= 11 is 0.741. The van der Waals surface area contributed by atoms with Crippen LogP contribution in [0.4, 0.5) is 14.5 Å². The number of nitrogens with zero attached hydrogens (tertiary/aromatic N) is 5. The third-order valence-corrected chi connectivity index (χ3v) is 6.68. The number of nitrogens with one attached hydrogen (secondary N) is 1. The molecule has 2 N–H and O–H groups in total. The molecule has 0 aliphatic carbocycles. The van der Waals surface area contributed by atoms with Crippen LogP contribution in [0.15, 0.2) is 46.5 Å². The van der Waals surface area contributed by atoms with Crippen LogP contribution in [-0.4, -0.2) is 63.8 Å². The maximum atomic E-state index is 14.5. The molecule has 2 aromatic carbocycles. The van der Waals surface area contributed by atoms with Gasteiger partial charge in [-0.05, 0) is 36.0 Å². The number of carbonyl (C=O) groups is 1. The number of rotatable bonds is 5. The zero-order valence-corrected chi connectivity index (χ0v) is 18.8. The van der Waals surface area contributed by atoms with Gasteiger partial charge in [0.05, 0.1) is 38.1 Å². The standard InChI is InChI=1S/C21H22F2N6O3S/c1-27-19(13-4-3-5-15(10-13)28-6-8-29(2,32)9-7-28)24-25-21(27)33-18-16(22)11-14(12-17(18)23)20(30)26-31/h3-5,10-12,31H,6-9H2,1-2H3,(H,26,30). The summed E-state index contributed by atoms with van der Waals surface area (Å²) < 4.78 is 30.3. The topological polar surface area (TPSA) is 106 Å². The Bertz CT molecular complexity index is 1170. The third-order valence-electron chi connectivity index (χ3n) is 5.55. The molecule has 0 saturated carbocycles. The minimum Gasteiger partial charge on any atom is -0.633 e. The van der Waals surface area contributed by atoms with E-state index in [1.165, 1.54) is 5.48 Å². The average Bonchev–Trinajstić information content (AvgIpc) is 3.15. The fraction of sp³-hybridized carbons (Fsp3) is 0.286. The molecule has 9 nitrogen and oxygen atoms in total. The van der Waals surface area contributed by atoms with Gasteiger partial charge in [0, 0.05) is 23.9 Å². The molecular weight excluding hydrogens is 454 g/mol. The molecule has 1 aliphatic rings. The van der Waals surface area contributed by atoms with Gasteiger partial charge in [-0.15, -0.1) is 10.2 Å². The SMILES string of the molecule is Cn1c(Sc2c(F)cc(C(=O)NO)cc2F)nnc1-c1cccc(N2CC[N+](C)([O-])CC2)c1. The summed E-state index contributed by atoms with van der Waals surface area (Å²) in [5, 5.41) is 29.3. The lowest BCUT2D eigenvalue weighted by Crippen LogP contribution is -2.53. The second-order valence-corrected chi connectivity index (χ2v) is 8.94. The van der Waals surface area contributed by atoms with Gasteiger partial charge in [0.2, 0.25) is 0 Å². The largest absolute Gasteiger partial charge is 0.633 e. The number of piperazine rings is 1. The fourth-order valence-electron chi connectivity index (χ4n) is 3.59. The van der Waals surface area contributed by atoms with Crippen LogP contribution in [0, 0.1) is 16.8 Å². The molecule has 1 aliphatic heterocycles. The van der Waals surface area contributed by atoms with Gasteiger partial charge in [-0.2, -0.15) is 0 Å². The zero-order valence-electron chi connectivity index (χ0n) is 18.0. The second-order valence-electron chi connectivity index (χ2n) is 7.96. The van der Waals surface area contributed by atoms with Gasteiger partial charge in [0.25, 0.3) is 5.91 Å². The molecule has 12 heteroatoms. The van der Waals surface area contributed by atoms with Gasteiger partial charge in [-0.25, -0.2) is 14.3 Å². The molecule has 1 aromatic heterocycles. The van der Waals surface area contributed by atoms with E-state index in [0.29, 0.717) is 32.0 Å². The summed E-state index contributed by atoms with van der Waals surface area (Å²) in [5.74, 6) is -2.42. The van der Waals surface area contributed by atoms with Gasteiger partial charge in [0.15, 0.2) is 11.0 Å². The van der Waals surface area contributed by atoms with Crippen molar-refractivity contribution >= 4 is 23.4 Å². The summed E-state index contributed by atoms with van der Waals surface area (Å²) in [6, 6.07) is 9.33. The summed E-state index contributed by atoms with van der Waals surface area (Å²) in [6.07, 6.45) is 0. The van der Waals surface area contributed by atoms with E-state index in [-0.39, 0.29) is 20.3 Å². The number of likely N-dealkylation sites (N-methyl/N-ethyl adjacent to an activating group) is 1. The predicted octanol–water partition coefficient (Wildman–Crippen LogP) is 2.79. The number of hydrogen-bond acceptors (Lipinski definition) is 7. The van der Waals surface area contributed by atoms with Gasteiger partial charge in [-0.3, -0.25) is 10.0 Å². The quantitative estimate of drug-likeness (QED) is 0.252. The summed E-state index contributed by atoms with van der Waals surface area (Å²) in [5.41, 5.74) is 2.73. The Labute approximate surface area is 192 Å². The highest BCUT2D eigenvalue weighted by Crippen LogP contribution is 2.34. The lowest BCUT2D eigenvalue weighted by Gasteiger charge is -2.45.